The van der Waals surface area contributed by atoms with E-state index in [1.165, 1.54) is 4.68 Å². The summed E-state index contributed by atoms with van der Waals surface area (Å²) in [5.74, 6) is 1.26. The van der Waals surface area contributed by atoms with Gasteiger partial charge in [-0.15, -0.1) is 5.10 Å². The van der Waals surface area contributed by atoms with Crippen LogP contribution in [-0.4, -0.2) is 19.3 Å². The maximum absolute atomic E-state index is 13.3. The molecule has 0 N–H and O–H groups in total. The Hall–Kier alpha value is -3.37. The topological polar surface area (TPSA) is 76.5 Å². The molecular formula is C24H21N5OS. The molecule has 0 saturated carbocycles. The van der Waals surface area contributed by atoms with Crippen LogP contribution in [0.15, 0.2) is 64.5 Å². The van der Waals surface area contributed by atoms with Gasteiger partial charge in [0.1, 0.15) is 5.56 Å². The first kappa shape index (κ1) is 19.6. The number of thioether (sulfide) groups is 1. The molecule has 0 bridgehead atoms. The van der Waals surface area contributed by atoms with Gasteiger partial charge in [-0.1, -0.05) is 48.5 Å². The Bertz CT molecular complexity index is 1280. The molecule has 0 unspecified atom stereocenters. The fraction of sp³-hybridized carbons (Fsp3) is 0.250. The summed E-state index contributed by atoms with van der Waals surface area (Å²) >= 11 is 1.65. The van der Waals surface area contributed by atoms with Crippen molar-refractivity contribution in [1.29, 1.82) is 5.26 Å². The number of benzene rings is 2. The Morgan fingerprint density at radius 1 is 1.03 bits per heavy atom. The van der Waals surface area contributed by atoms with Gasteiger partial charge in [0.05, 0.1) is 17.3 Å². The lowest BCUT2D eigenvalue weighted by molar-refractivity contribution is 0.571. The fourth-order valence-corrected chi connectivity index (χ4v) is 5.03. The van der Waals surface area contributed by atoms with E-state index in [0.29, 0.717) is 17.0 Å². The van der Waals surface area contributed by atoms with Gasteiger partial charge in [-0.3, -0.25) is 4.79 Å². The van der Waals surface area contributed by atoms with Gasteiger partial charge in [0.15, 0.2) is 11.0 Å². The fourth-order valence-electron chi connectivity index (χ4n) is 4.03. The summed E-state index contributed by atoms with van der Waals surface area (Å²) in [6.45, 7) is 0.865. The van der Waals surface area contributed by atoms with Gasteiger partial charge in [0.2, 0.25) is 0 Å². The zero-order valence-corrected chi connectivity index (χ0v) is 17.8. The molecule has 6 nitrogen and oxygen atoms in total. The molecule has 0 atom stereocenters. The van der Waals surface area contributed by atoms with E-state index in [9.17, 15) is 4.79 Å². The highest BCUT2D eigenvalue weighted by atomic mass is 32.2. The van der Waals surface area contributed by atoms with E-state index in [1.807, 2.05) is 54.6 Å². The van der Waals surface area contributed by atoms with E-state index in [4.69, 9.17) is 10.2 Å². The summed E-state index contributed by atoms with van der Waals surface area (Å²) < 4.78 is 3.69. The van der Waals surface area contributed by atoms with Crippen LogP contribution in [0.4, 0.5) is 0 Å². The Labute approximate surface area is 184 Å². The van der Waals surface area contributed by atoms with Crippen LogP contribution in [0.25, 0.3) is 17.1 Å². The highest BCUT2D eigenvalue weighted by Crippen LogP contribution is 2.31. The van der Waals surface area contributed by atoms with Crippen LogP contribution < -0.4 is 5.56 Å². The van der Waals surface area contributed by atoms with E-state index in [1.54, 1.807) is 11.8 Å². The first-order valence-electron chi connectivity index (χ1n) is 10.4. The average Bonchev–Trinajstić information content (AvgIpc) is 2.98. The van der Waals surface area contributed by atoms with E-state index < -0.39 is 0 Å². The van der Waals surface area contributed by atoms with E-state index in [2.05, 4.69) is 15.7 Å². The molecular weight excluding hydrogens is 406 g/mol. The van der Waals surface area contributed by atoms with Crippen LogP contribution in [-0.2, 0) is 18.7 Å². The lowest BCUT2D eigenvalue weighted by Crippen LogP contribution is -2.19. The van der Waals surface area contributed by atoms with Gasteiger partial charge < -0.3 is 4.57 Å². The number of hydrogen-bond donors (Lipinski definition) is 0. The van der Waals surface area contributed by atoms with Crippen molar-refractivity contribution in [1.82, 2.24) is 19.3 Å². The Morgan fingerprint density at radius 2 is 1.84 bits per heavy atom. The van der Waals surface area contributed by atoms with Crippen molar-refractivity contribution in [3.05, 3.63) is 81.8 Å². The lowest BCUT2D eigenvalue weighted by Gasteiger charge is -2.17. The minimum atomic E-state index is -0.0945. The normalized spacial score (nSPS) is 13.5. The van der Waals surface area contributed by atoms with Gasteiger partial charge in [0, 0.05) is 18.0 Å². The SMILES string of the molecule is N#Cc1ccc(CSc2nc3nn(-c4ccccc4)c(=O)c-3c3n2CCCCC3)cc1. The zero-order chi connectivity index (χ0) is 21.2. The number of rotatable bonds is 4. The molecule has 2 aromatic rings. The molecule has 3 heterocycles. The maximum Gasteiger partial charge on any atom is 0.284 e. The summed E-state index contributed by atoms with van der Waals surface area (Å²) in [6.07, 6.45) is 4.15. The van der Waals surface area contributed by atoms with Crippen molar-refractivity contribution in [2.75, 3.05) is 0 Å². The van der Waals surface area contributed by atoms with Gasteiger partial charge >= 0.3 is 0 Å². The first-order valence-corrected chi connectivity index (χ1v) is 11.4. The molecule has 0 fully saturated rings. The third kappa shape index (κ3) is 3.75. The molecule has 0 aromatic heterocycles. The maximum atomic E-state index is 13.3. The van der Waals surface area contributed by atoms with Crippen LogP contribution in [0.3, 0.4) is 0 Å². The number of fused-ring (bicyclic) bond motifs is 3. The number of para-hydroxylation sites is 1. The van der Waals surface area contributed by atoms with Crippen molar-refractivity contribution in [2.45, 2.75) is 43.1 Å². The van der Waals surface area contributed by atoms with E-state index in [0.717, 1.165) is 60.1 Å². The Morgan fingerprint density at radius 3 is 2.61 bits per heavy atom. The largest absolute Gasteiger partial charge is 0.324 e. The van der Waals surface area contributed by atoms with Crippen LogP contribution in [0.1, 0.15) is 36.1 Å². The third-order valence-corrected chi connectivity index (χ3v) is 6.67. The molecule has 0 saturated heterocycles. The number of hydrogen-bond acceptors (Lipinski definition) is 5. The van der Waals surface area contributed by atoms with Crippen LogP contribution in [0.2, 0.25) is 0 Å². The summed E-state index contributed by atoms with van der Waals surface area (Å²) in [5, 5.41) is 14.5. The quantitative estimate of drug-likeness (QED) is 0.356. The third-order valence-electron chi connectivity index (χ3n) is 5.62. The zero-order valence-electron chi connectivity index (χ0n) is 17.0. The predicted molar refractivity (Wildman–Crippen MR) is 121 cm³/mol. The standard InChI is InChI=1S/C24H21N5OS/c25-15-17-10-12-18(13-11-17)16-31-24-26-22-21(20-9-5-2-6-14-28(20)24)23(30)29(27-22)19-7-3-1-4-8-19/h1,3-4,7-8,10-13H,2,5-6,9,14,16H2. The van der Waals surface area contributed by atoms with Crippen molar-refractivity contribution in [3.63, 3.8) is 0 Å². The minimum absolute atomic E-state index is 0.0945. The average molecular weight is 428 g/mol. The molecule has 154 valence electrons. The van der Waals surface area contributed by atoms with Gasteiger partial charge in [0.25, 0.3) is 5.56 Å². The second kappa shape index (κ2) is 8.40. The molecule has 3 aliphatic rings. The first-order chi connectivity index (χ1) is 15.2. The molecule has 2 aromatic carbocycles. The number of aromatic nitrogens is 4. The van der Waals surface area contributed by atoms with Gasteiger partial charge in [-0.25, -0.2) is 4.98 Å². The van der Waals surface area contributed by atoms with Crippen molar-refractivity contribution in [2.24, 2.45) is 0 Å². The molecule has 3 aliphatic heterocycles. The van der Waals surface area contributed by atoms with Crippen LogP contribution >= 0.6 is 11.8 Å². The highest BCUT2D eigenvalue weighted by Gasteiger charge is 2.27. The van der Waals surface area contributed by atoms with Gasteiger partial charge in [-0.05, 0) is 49.1 Å². The molecule has 0 radical (unpaired) electrons. The summed E-state index contributed by atoms with van der Waals surface area (Å²) in [4.78, 5) is 18.1. The smallest absolute Gasteiger partial charge is 0.284 e. The monoisotopic (exact) mass is 427 g/mol. The molecule has 0 spiro atoms. The molecule has 5 rings (SSSR count). The minimum Gasteiger partial charge on any atom is -0.324 e. The second-order valence-corrected chi connectivity index (χ2v) is 8.59. The second-order valence-electron chi connectivity index (χ2n) is 7.65. The summed E-state index contributed by atoms with van der Waals surface area (Å²) in [5.41, 5.74) is 4.15. The summed E-state index contributed by atoms with van der Waals surface area (Å²) in [7, 11) is 0. The lowest BCUT2D eigenvalue weighted by atomic mass is 10.1. The predicted octanol–water partition coefficient (Wildman–Crippen LogP) is 4.42. The van der Waals surface area contributed by atoms with E-state index in [-0.39, 0.29) is 5.56 Å². The Kier molecular flexibility index (Phi) is 5.31. The molecule has 7 heteroatoms. The van der Waals surface area contributed by atoms with Crippen LogP contribution in [0.5, 0.6) is 0 Å². The summed E-state index contributed by atoms with van der Waals surface area (Å²) in [6, 6.07) is 19.3. The van der Waals surface area contributed by atoms with Gasteiger partial charge in [-0.2, -0.15) is 9.94 Å². The molecule has 0 aliphatic carbocycles. The van der Waals surface area contributed by atoms with Crippen LogP contribution in [0, 0.1) is 11.3 Å². The van der Waals surface area contributed by atoms with Crippen molar-refractivity contribution in [3.8, 4) is 23.1 Å². The number of nitriles is 1. The number of nitrogens with zero attached hydrogens (tertiary/aromatic N) is 5. The van der Waals surface area contributed by atoms with Crippen molar-refractivity contribution < 1.29 is 0 Å². The van der Waals surface area contributed by atoms with Crippen molar-refractivity contribution >= 4 is 11.8 Å². The Balaban J connectivity index is 1.58. The molecule has 0 amide bonds. The molecule has 31 heavy (non-hydrogen) atoms. The highest BCUT2D eigenvalue weighted by molar-refractivity contribution is 7.98. The van der Waals surface area contributed by atoms with E-state index >= 15 is 0 Å².